The number of ether oxygens (including phenoxy) is 1. The molecule has 0 radical (unpaired) electrons. The van der Waals surface area contributed by atoms with E-state index in [4.69, 9.17) is 22.1 Å². The average Bonchev–Trinajstić information content (AvgIpc) is 3.13. The smallest absolute Gasteiger partial charge is 0.323 e. The molecule has 2 amide bonds. The molecule has 0 aliphatic heterocycles. The van der Waals surface area contributed by atoms with Crippen molar-refractivity contribution in [1.29, 1.82) is 0 Å². The molecule has 0 spiro atoms. The first kappa shape index (κ1) is 19.0. The third-order valence-electron chi connectivity index (χ3n) is 4.23. The third kappa shape index (κ3) is 3.94. The van der Waals surface area contributed by atoms with E-state index in [9.17, 15) is 4.79 Å². The van der Waals surface area contributed by atoms with Crippen LogP contribution in [0.15, 0.2) is 54.2 Å². The van der Waals surface area contributed by atoms with Gasteiger partial charge in [0.15, 0.2) is 0 Å². The Morgan fingerprint density at radius 3 is 2.66 bits per heavy atom. The van der Waals surface area contributed by atoms with Crippen LogP contribution in [0.1, 0.15) is 0 Å². The van der Waals surface area contributed by atoms with E-state index in [1.807, 2.05) is 11.4 Å². The molecule has 0 saturated heterocycles. The van der Waals surface area contributed by atoms with Crippen molar-refractivity contribution in [2.24, 2.45) is 0 Å². The Morgan fingerprint density at radius 2 is 1.90 bits per heavy atom. The summed E-state index contributed by atoms with van der Waals surface area (Å²) in [7, 11) is 1.57. The molecule has 2 heterocycles. The van der Waals surface area contributed by atoms with Gasteiger partial charge >= 0.3 is 6.03 Å². The zero-order valence-corrected chi connectivity index (χ0v) is 16.8. The van der Waals surface area contributed by atoms with Gasteiger partial charge in [-0.15, -0.1) is 11.3 Å². The molecule has 0 aliphatic carbocycles. The Labute approximate surface area is 175 Å². The van der Waals surface area contributed by atoms with Gasteiger partial charge in [0.1, 0.15) is 22.7 Å². The van der Waals surface area contributed by atoms with Crippen LogP contribution in [-0.2, 0) is 0 Å². The maximum Gasteiger partial charge on any atom is 0.323 e. The van der Waals surface area contributed by atoms with Crippen LogP contribution in [0.4, 0.5) is 22.0 Å². The lowest BCUT2D eigenvalue weighted by molar-refractivity contribution is 0.262. The van der Waals surface area contributed by atoms with Crippen LogP contribution in [0, 0.1) is 0 Å². The summed E-state index contributed by atoms with van der Waals surface area (Å²) < 4.78 is 5.55. The van der Waals surface area contributed by atoms with Crippen LogP contribution in [0.2, 0.25) is 5.02 Å². The molecule has 4 aromatic rings. The normalized spacial score (nSPS) is 10.7. The zero-order chi connectivity index (χ0) is 20.4. The maximum absolute atomic E-state index is 12.3. The molecule has 0 atom stereocenters. The number of nitrogen functional groups attached to an aromatic ring is 1. The van der Waals surface area contributed by atoms with Crippen LogP contribution in [0.5, 0.6) is 5.75 Å². The van der Waals surface area contributed by atoms with E-state index in [1.165, 1.54) is 17.7 Å². The van der Waals surface area contributed by atoms with E-state index < -0.39 is 0 Å². The molecule has 146 valence electrons. The van der Waals surface area contributed by atoms with Crippen molar-refractivity contribution >= 4 is 56.4 Å². The fourth-order valence-corrected chi connectivity index (χ4v) is 4.05. The van der Waals surface area contributed by atoms with Crippen molar-refractivity contribution in [3.8, 4) is 16.9 Å². The number of fused-ring (bicyclic) bond motifs is 1. The van der Waals surface area contributed by atoms with Gasteiger partial charge in [0.25, 0.3) is 0 Å². The number of carbonyl (C=O) groups excluding carboxylic acids is 1. The molecule has 7 nitrogen and oxygen atoms in total. The van der Waals surface area contributed by atoms with E-state index in [2.05, 4.69) is 20.6 Å². The first-order chi connectivity index (χ1) is 14.0. The number of halogens is 1. The molecule has 4 N–H and O–H groups in total. The number of carbonyl (C=O) groups is 1. The Bertz CT molecular complexity index is 1210. The first-order valence-electron chi connectivity index (χ1n) is 8.55. The lowest BCUT2D eigenvalue weighted by Crippen LogP contribution is -2.19. The quantitative estimate of drug-likeness (QED) is 0.414. The van der Waals surface area contributed by atoms with E-state index in [-0.39, 0.29) is 6.03 Å². The van der Waals surface area contributed by atoms with Gasteiger partial charge in [0, 0.05) is 39.0 Å². The number of nitrogens with zero attached hydrogens (tertiary/aromatic N) is 2. The zero-order valence-electron chi connectivity index (χ0n) is 15.3. The number of anilines is 3. The first-order valence-corrected chi connectivity index (χ1v) is 9.80. The second kappa shape index (κ2) is 7.94. The largest absolute Gasteiger partial charge is 0.496 e. The van der Waals surface area contributed by atoms with Crippen molar-refractivity contribution in [2.45, 2.75) is 0 Å². The van der Waals surface area contributed by atoms with Gasteiger partial charge in [-0.3, -0.25) is 0 Å². The fourth-order valence-electron chi connectivity index (χ4n) is 2.95. The van der Waals surface area contributed by atoms with Gasteiger partial charge in [-0.05, 0) is 30.3 Å². The molecule has 0 bridgehead atoms. The van der Waals surface area contributed by atoms with Crippen molar-refractivity contribution in [2.75, 3.05) is 23.5 Å². The molecule has 0 unspecified atom stereocenters. The maximum atomic E-state index is 12.3. The summed E-state index contributed by atoms with van der Waals surface area (Å²) in [4.78, 5) is 21.4. The van der Waals surface area contributed by atoms with E-state index in [1.54, 1.807) is 43.5 Å². The molecular weight excluding hydrogens is 410 g/mol. The van der Waals surface area contributed by atoms with Gasteiger partial charge in [0.2, 0.25) is 0 Å². The number of amides is 2. The SMILES string of the molecule is COc1cc(NC(=O)Nc2cccc(Cl)c2)ccc1-c1csc2ncnc(N)c12. The summed E-state index contributed by atoms with van der Waals surface area (Å²) >= 11 is 7.42. The lowest BCUT2D eigenvalue weighted by Gasteiger charge is -2.12. The Balaban J connectivity index is 1.60. The molecule has 9 heteroatoms. The van der Waals surface area contributed by atoms with Crippen LogP contribution in [0.3, 0.4) is 0 Å². The number of hydrogen-bond acceptors (Lipinski definition) is 6. The van der Waals surface area contributed by atoms with E-state index in [0.29, 0.717) is 28.0 Å². The summed E-state index contributed by atoms with van der Waals surface area (Å²) in [6, 6.07) is 11.9. The molecular formula is C20H16ClN5O2S. The number of thiophene rings is 1. The van der Waals surface area contributed by atoms with Crippen LogP contribution in [-0.4, -0.2) is 23.1 Å². The summed E-state index contributed by atoms with van der Waals surface area (Å²) in [6.07, 6.45) is 1.45. The fraction of sp³-hybridized carbons (Fsp3) is 0.0500. The van der Waals surface area contributed by atoms with Gasteiger partial charge in [-0.1, -0.05) is 17.7 Å². The summed E-state index contributed by atoms with van der Waals surface area (Å²) in [6.45, 7) is 0. The van der Waals surface area contributed by atoms with Gasteiger partial charge in [-0.25, -0.2) is 14.8 Å². The van der Waals surface area contributed by atoms with Gasteiger partial charge in [-0.2, -0.15) is 0 Å². The van der Waals surface area contributed by atoms with Crippen LogP contribution in [0.25, 0.3) is 21.3 Å². The molecule has 29 heavy (non-hydrogen) atoms. The highest BCUT2D eigenvalue weighted by atomic mass is 35.5. The standard InChI is InChI=1S/C20H16ClN5O2S/c1-28-16-8-13(26-20(27)25-12-4-2-3-11(21)7-12)5-6-14(16)15-9-29-19-17(15)18(22)23-10-24-19/h2-10H,1H3,(H2,22,23,24)(H2,25,26,27). The number of hydrogen-bond donors (Lipinski definition) is 3. The molecule has 0 fully saturated rings. The predicted octanol–water partition coefficient (Wildman–Crippen LogP) is 5.25. The second-order valence-corrected chi connectivity index (χ2v) is 7.39. The minimum absolute atomic E-state index is 0.388. The van der Waals surface area contributed by atoms with E-state index in [0.717, 1.165) is 21.3 Å². The average molecular weight is 426 g/mol. The summed E-state index contributed by atoms with van der Waals surface area (Å²) in [5.74, 6) is 1.00. The number of benzene rings is 2. The molecule has 0 saturated carbocycles. The van der Waals surface area contributed by atoms with Crippen molar-refractivity contribution in [3.63, 3.8) is 0 Å². The Hall–Kier alpha value is -3.36. The topological polar surface area (TPSA) is 102 Å². The predicted molar refractivity (Wildman–Crippen MR) is 118 cm³/mol. The number of aromatic nitrogens is 2. The van der Waals surface area contributed by atoms with Crippen molar-refractivity contribution in [3.05, 3.63) is 59.2 Å². The van der Waals surface area contributed by atoms with E-state index >= 15 is 0 Å². The number of urea groups is 1. The monoisotopic (exact) mass is 425 g/mol. The van der Waals surface area contributed by atoms with Gasteiger partial charge < -0.3 is 21.1 Å². The molecule has 0 aliphatic rings. The summed E-state index contributed by atoms with van der Waals surface area (Å²) in [5, 5.41) is 8.82. The number of nitrogens with one attached hydrogen (secondary N) is 2. The van der Waals surface area contributed by atoms with Crippen LogP contribution >= 0.6 is 22.9 Å². The summed E-state index contributed by atoms with van der Waals surface area (Å²) in [5.41, 5.74) is 8.94. The van der Waals surface area contributed by atoms with Crippen molar-refractivity contribution < 1.29 is 9.53 Å². The number of nitrogens with two attached hydrogens (primary N) is 1. The molecule has 2 aromatic heterocycles. The third-order valence-corrected chi connectivity index (χ3v) is 5.35. The lowest BCUT2D eigenvalue weighted by atomic mass is 10.0. The van der Waals surface area contributed by atoms with Crippen molar-refractivity contribution in [1.82, 2.24) is 9.97 Å². The minimum Gasteiger partial charge on any atom is -0.496 e. The Kier molecular flexibility index (Phi) is 5.20. The number of rotatable bonds is 4. The molecule has 2 aromatic carbocycles. The van der Waals surface area contributed by atoms with Crippen LogP contribution < -0.4 is 21.1 Å². The highest BCUT2D eigenvalue weighted by Gasteiger charge is 2.16. The van der Waals surface area contributed by atoms with Gasteiger partial charge in [0.05, 0.1) is 12.5 Å². The second-order valence-electron chi connectivity index (χ2n) is 6.09. The highest BCUT2D eigenvalue weighted by Crippen LogP contribution is 2.40. The minimum atomic E-state index is -0.388. The highest BCUT2D eigenvalue weighted by molar-refractivity contribution is 7.17. The number of methoxy groups -OCH3 is 1. The molecule has 4 rings (SSSR count). The Morgan fingerprint density at radius 1 is 1.10 bits per heavy atom.